The maximum absolute atomic E-state index is 14.0. The van der Waals surface area contributed by atoms with Gasteiger partial charge in [-0.25, -0.2) is 0 Å². The third-order valence-corrected chi connectivity index (χ3v) is 12.1. The molecule has 1 atom stereocenters. The molecule has 2 heterocycles. The van der Waals surface area contributed by atoms with E-state index in [2.05, 4.69) is 191 Å². The second kappa shape index (κ2) is 12.7. The Hall–Kier alpha value is -6.33. The molecule has 0 radical (unpaired) electrons. The van der Waals surface area contributed by atoms with Crippen LogP contribution < -0.4 is 4.90 Å². The Balaban J connectivity index is 1.03. The van der Waals surface area contributed by atoms with E-state index in [0.717, 1.165) is 43.6 Å². The SMILES string of the molecule is [O-][S+](c1ccc(N2c3ccccc3C(c3ccccc3)(c3ccccc3)c3ccccc32)cc1)c1ccc(-n2c3ccccc3c3ccccc32)cc1. The lowest BCUT2D eigenvalue weighted by molar-refractivity contribution is 0.595. The molecule has 0 saturated carbocycles. The lowest BCUT2D eigenvalue weighted by Crippen LogP contribution is -2.37. The van der Waals surface area contributed by atoms with E-state index < -0.39 is 16.6 Å². The number of anilines is 3. The normalized spacial score (nSPS) is 13.8. The molecular formula is C49H34N2OS. The van der Waals surface area contributed by atoms with Crippen LogP contribution in [0.15, 0.2) is 216 Å². The lowest BCUT2D eigenvalue weighted by Gasteiger charge is -2.46. The second-order valence-corrected chi connectivity index (χ2v) is 15.0. The van der Waals surface area contributed by atoms with Gasteiger partial charge in [-0.05, 0) is 95.1 Å². The molecule has 3 nitrogen and oxygen atoms in total. The molecule has 1 aliphatic rings. The van der Waals surface area contributed by atoms with Crippen LogP contribution >= 0.6 is 0 Å². The van der Waals surface area contributed by atoms with Crippen LogP contribution in [-0.4, -0.2) is 9.12 Å². The maximum Gasteiger partial charge on any atom is 0.158 e. The molecule has 0 aliphatic carbocycles. The molecule has 9 aromatic rings. The zero-order valence-electron chi connectivity index (χ0n) is 28.8. The smallest absolute Gasteiger partial charge is 0.158 e. The molecule has 1 aromatic heterocycles. The summed E-state index contributed by atoms with van der Waals surface area (Å²) in [6.07, 6.45) is 0. The lowest BCUT2D eigenvalue weighted by atomic mass is 9.62. The van der Waals surface area contributed by atoms with Crippen molar-refractivity contribution < 1.29 is 4.55 Å². The molecule has 252 valence electrons. The zero-order chi connectivity index (χ0) is 35.4. The Morgan fingerprint density at radius 3 is 1.26 bits per heavy atom. The fraction of sp³-hybridized carbons (Fsp3) is 0.0204. The molecule has 0 spiro atoms. The molecular weight excluding hydrogens is 665 g/mol. The van der Waals surface area contributed by atoms with Crippen molar-refractivity contribution in [3.63, 3.8) is 0 Å². The first-order chi connectivity index (χ1) is 26.2. The Kier molecular flexibility index (Phi) is 7.53. The van der Waals surface area contributed by atoms with Crippen LogP contribution in [0, 0.1) is 0 Å². The van der Waals surface area contributed by atoms with Gasteiger partial charge >= 0.3 is 0 Å². The second-order valence-electron chi connectivity index (χ2n) is 13.5. The third-order valence-electron chi connectivity index (χ3n) is 10.7. The standard InChI is InChI=1S/C49H34N2OS/c52-53(39-31-27-37(28-32-39)50-45-23-11-7-19-41(45)42-20-8-12-24-46(42)50)40-33-29-38(30-34-40)51-47-25-13-9-21-43(47)49(35-15-3-1-4-16-35,36-17-5-2-6-18-36)44-22-10-14-26-48(44)51/h1-34H. The van der Waals surface area contributed by atoms with Crippen molar-refractivity contribution in [3.05, 3.63) is 229 Å². The van der Waals surface area contributed by atoms with Crippen LogP contribution in [0.5, 0.6) is 0 Å². The molecule has 0 N–H and O–H groups in total. The number of nitrogens with zero attached hydrogens (tertiary/aromatic N) is 2. The van der Waals surface area contributed by atoms with E-state index in [-0.39, 0.29) is 0 Å². The summed E-state index contributed by atoms with van der Waals surface area (Å²) in [4.78, 5) is 3.88. The topological polar surface area (TPSA) is 31.2 Å². The van der Waals surface area contributed by atoms with Gasteiger partial charge in [-0.3, -0.25) is 0 Å². The highest BCUT2D eigenvalue weighted by atomic mass is 32.2. The van der Waals surface area contributed by atoms with Crippen molar-refractivity contribution in [1.29, 1.82) is 0 Å². The van der Waals surface area contributed by atoms with Crippen LogP contribution in [0.25, 0.3) is 27.5 Å². The quantitative estimate of drug-likeness (QED) is 0.162. The summed E-state index contributed by atoms with van der Waals surface area (Å²) in [5.41, 5.74) is 11.0. The Labute approximate surface area is 312 Å². The summed E-state index contributed by atoms with van der Waals surface area (Å²) in [6.45, 7) is 0. The van der Waals surface area contributed by atoms with Gasteiger partial charge < -0.3 is 14.0 Å². The molecule has 1 aliphatic heterocycles. The Morgan fingerprint density at radius 1 is 0.377 bits per heavy atom. The summed E-state index contributed by atoms with van der Waals surface area (Å²) >= 11 is -1.35. The van der Waals surface area contributed by atoms with E-state index in [1.165, 1.54) is 33.0 Å². The van der Waals surface area contributed by atoms with Crippen molar-refractivity contribution in [1.82, 2.24) is 4.57 Å². The van der Waals surface area contributed by atoms with E-state index in [1.807, 2.05) is 24.3 Å². The van der Waals surface area contributed by atoms with E-state index in [4.69, 9.17) is 0 Å². The van der Waals surface area contributed by atoms with Gasteiger partial charge in [0, 0.05) is 33.3 Å². The minimum atomic E-state index is -1.35. The first kappa shape index (κ1) is 31.4. The van der Waals surface area contributed by atoms with Gasteiger partial charge in [-0.1, -0.05) is 133 Å². The van der Waals surface area contributed by atoms with Gasteiger partial charge in [0.15, 0.2) is 9.79 Å². The summed E-state index contributed by atoms with van der Waals surface area (Å²) < 4.78 is 16.3. The first-order valence-electron chi connectivity index (χ1n) is 17.9. The predicted octanol–water partition coefficient (Wildman–Crippen LogP) is 12.1. The number of aromatic nitrogens is 1. The van der Waals surface area contributed by atoms with Gasteiger partial charge in [-0.15, -0.1) is 0 Å². The molecule has 0 bridgehead atoms. The van der Waals surface area contributed by atoms with Crippen molar-refractivity contribution in [2.75, 3.05) is 4.90 Å². The summed E-state index contributed by atoms with van der Waals surface area (Å²) in [6, 6.07) is 72.5. The van der Waals surface area contributed by atoms with Crippen LogP contribution in [0.4, 0.5) is 17.1 Å². The fourth-order valence-corrected chi connectivity index (χ4v) is 9.50. The average Bonchev–Trinajstić information content (AvgIpc) is 3.58. The first-order valence-corrected chi connectivity index (χ1v) is 19.1. The molecule has 0 fully saturated rings. The largest absolute Gasteiger partial charge is 0.606 e. The number of benzene rings is 8. The zero-order valence-corrected chi connectivity index (χ0v) is 29.7. The van der Waals surface area contributed by atoms with Crippen molar-refractivity contribution in [2.45, 2.75) is 15.2 Å². The summed E-state index contributed by atoms with van der Waals surface area (Å²) in [5.74, 6) is 0. The monoisotopic (exact) mass is 698 g/mol. The van der Waals surface area contributed by atoms with Gasteiger partial charge in [0.1, 0.15) is 0 Å². The average molecular weight is 699 g/mol. The molecule has 0 amide bonds. The highest BCUT2D eigenvalue weighted by Gasteiger charge is 2.46. The minimum Gasteiger partial charge on any atom is -0.606 e. The van der Waals surface area contributed by atoms with E-state index in [0.29, 0.717) is 0 Å². The Morgan fingerprint density at radius 2 is 0.774 bits per heavy atom. The molecule has 53 heavy (non-hydrogen) atoms. The third kappa shape index (κ3) is 4.87. The number of para-hydroxylation sites is 4. The molecule has 1 unspecified atom stereocenters. The van der Waals surface area contributed by atoms with Gasteiger partial charge in [-0.2, -0.15) is 0 Å². The summed E-state index contributed by atoms with van der Waals surface area (Å²) in [5, 5.41) is 2.45. The number of fused-ring (bicyclic) bond motifs is 5. The van der Waals surface area contributed by atoms with Gasteiger partial charge in [0.25, 0.3) is 0 Å². The summed E-state index contributed by atoms with van der Waals surface area (Å²) in [7, 11) is 0. The van der Waals surface area contributed by atoms with Crippen LogP contribution in [-0.2, 0) is 16.6 Å². The van der Waals surface area contributed by atoms with Crippen LogP contribution in [0.3, 0.4) is 0 Å². The molecule has 4 heteroatoms. The maximum atomic E-state index is 14.0. The molecule has 8 aromatic carbocycles. The van der Waals surface area contributed by atoms with Crippen molar-refractivity contribution >= 4 is 50.0 Å². The van der Waals surface area contributed by atoms with Gasteiger partial charge in [0.2, 0.25) is 0 Å². The predicted molar refractivity (Wildman–Crippen MR) is 218 cm³/mol. The highest BCUT2D eigenvalue weighted by molar-refractivity contribution is 7.91. The van der Waals surface area contributed by atoms with Crippen LogP contribution in [0.1, 0.15) is 22.3 Å². The van der Waals surface area contributed by atoms with Crippen molar-refractivity contribution in [2.24, 2.45) is 0 Å². The minimum absolute atomic E-state index is 0.515. The number of rotatable bonds is 6. The van der Waals surface area contributed by atoms with E-state index in [1.54, 1.807) is 0 Å². The van der Waals surface area contributed by atoms with E-state index in [9.17, 15) is 4.55 Å². The highest BCUT2D eigenvalue weighted by Crippen LogP contribution is 2.57. The van der Waals surface area contributed by atoms with Crippen LogP contribution in [0.2, 0.25) is 0 Å². The molecule has 0 saturated heterocycles. The van der Waals surface area contributed by atoms with Gasteiger partial charge in [0.05, 0.1) is 27.8 Å². The molecule has 10 rings (SSSR count). The number of hydrogen-bond acceptors (Lipinski definition) is 2. The van der Waals surface area contributed by atoms with E-state index >= 15 is 0 Å². The van der Waals surface area contributed by atoms with Crippen molar-refractivity contribution in [3.8, 4) is 5.69 Å². The fourth-order valence-electron chi connectivity index (χ4n) is 8.46. The number of hydrogen-bond donors (Lipinski definition) is 0. The Bertz CT molecular complexity index is 2600.